The van der Waals surface area contributed by atoms with E-state index in [2.05, 4.69) is 15.3 Å². The third-order valence-electron chi connectivity index (χ3n) is 3.71. The van der Waals surface area contributed by atoms with Gasteiger partial charge in [-0.1, -0.05) is 6.92 Å². The van der Waals surface area contributed by atoms with Crippen LogP contribution in [-0.2, 0) is 4.79 Å². The Morgan fingerprint density at radius 1 is 1.35 bits per heavy atom. The number of amides is 1. The van der Waals surface area contributed by atoms with Crippen molar-refractivity contribution in [2.45, 2.75) is 39.3 Å². The van der Waals surface area contributed by atoms with Gasteiger partial charge in [-0.25, -0.2) is 4.79 Å². The molecule has 0 radical (unpaired) electrons. The van der Waals surface area contributed by atoms with Gasteiger partial charge in [0.15, 0.2) is 0 Å². The average molecular weight is 320 g/mol. The van der Waals surface area contributed by atoms with E-state index in [9.17, 15) is 14.7 Å². The highest BCUT2D eigenvalue weighted by atomic mass is 16.3. The predicted octanol–water partition coefficient (Wildman–Crippen LogP) is 1.28. The Hall–Kier alpha value is -2.12. The van der Waals surface area contributed by atoms with Crippen LogP contribution in [0.15, 0.2) is 23.0 Å². The molecular weight excluding hydrogens is 296 g/mol. The molecule has 1 aromatic carbocycles. The van der Waals surface area contributed by atoms with Crippen molar-refractivity contribution in [2.75, 3.05) is 18.4 Å². The molecule has 2 aromatic rings. The number of carbonyl (C=O) groups excluding carboxylic acids is 1. The molecule has 126 valence electrons. The first kappa shape index (κ1) is 17.2. The molecule has 1 atom stereocenters. The molecular formula is C16H24N4O3. The molecule has 1 aromatic heterocycles. The smallest absolute Gasteiger partial charge is 0.323 e. The van der Waals surface area contributed by atoms with E-state index in [1.807, 2.05) is 11.8 Å². The van der Waals surface area contributed by atoms with Crippen molar-refractivity contribution in [2.24, 2.45) is 0 Å². The van der Waals surface area contributed by atoms with E-state index < -0.39 is 5.60 Å². The summed E-state index contributed by atoms with van der Waals surface area (Å²) in [6.45, 7) is 8.26. The van der Waals surface area contributed by atoms with Gasteiger partial charge in [0.1, 0.15) is 0 Å². The Kier molecular flexibility index (Phi) is 4.91. The Morgan fingerprint density at radius 2 is 2.00 bits per heavy atom. The van der Waals surface area contributed by atoms with Gasteiger partial charge in [0.25, 0.3) is 0 Å². The molecule has 1 heterocycles. The summed E-state index contributed by atoms with van der Waals surface area (Å²) in [7, 11) is 0. The van der Waals surface area contributed by atoms with Gasteiger partial charge < -0.3 is 20.4 Å². The molecule has 0 bridgehead atoms. The minimum atomic E-state index is -0.867. The number of imidazole rings is 1. The molecule has 0 saturated heterocycles. The first-order chi connectivity index (χ1) is 10.7. The van der Waals surface area contributed by atoms with Crippen LogP contribution in [0.1, 0.15) is 27.7 Å². The number of hydrogen-bond donors (Lipinski definition) is 4. The van der Waals surface area contributed by atoms with E-state index in [-0.39, 0.29) is 17.6 Å². The summed E-state index contributed by atoms with van der Waals surface area (Å²) >= 11 is 0. The van der Waals surface area contributed by atoms with Gasteiger partial charge >= 0.3 is 5.69 Å². The van der Waals surface area contributed by atoms with Gasteiger partial charge in [-0.2, -0.15) is 0 Å². The Morgan fingerprint density at radius 3 is 2.61 bits per heavy atom. The number of aromatic amines is 2. The molecule has 1 unspecified atom stereocenters. The average Bonchev–Trinajstić information content (AvgIpc) is 2.82. The number of benzene rings is 1. The molecule has 23 heavy (non-hydrogen) atoms. The van der Waals surface area contributed by atoms with Crippen molar-refractivity contribution >= 4 is 22.6 Å². The van der Waals surface area contributed by atoms with E-state index >= 15 is 0 Å². The Balaban J connectivity index is 2.10. The van der Waals surface area contributed by atoms with Crippen LogP contribution in [0.5, 0.6) is 0 Å². The monoisotopic (exact) mass is 320 g/mol. The Bertz CT molecular complexity index is 742. The van der Waals surface area contributed by atoms with Gasteiger partial charge in [-0.05, 0) is 45.5 Å². The lowest BCUT2D eigenvalue weighted by Gasteiger charge is -2.32. The highest BCUT2D eigenvalue weighted by Gasteiger charge is 2.25. The van der Waals surface area contributed by atoms with Crippen molar-refractivity contribution in [3.8, 4) is 0 Å². The SMILES string of the molecule is CCN(CC(C)(C)O)C(C)C(=O)Nc1ccc2[nH]c(=O)[nH]c2c1. The maximum Gasteiger partial charge on any atom is 0.323 e. The van der Waals surface area contributed by atoms with Crippen LogP contribution in [0.25, 0.3) is 11.0 Å². The Labute approximate surface area is 134 Å². The van der Waals surface area contributed by atoms with Gasteiger partial charge in [0.2, 0.25) is 5.91 Å². The van der Waals surface area contributed by atoms with Crippen LogP contribution in [0.2, 0.25) is 0 Å². The number of fused-ring (bicyclic) bond motifs is 1. The van der Waals surface area contributed by atoms with E-state index in [1.165, 1.54) is 0 Å². The number of aromatic nitrogens is 2. The summed E-state index contributed by atoms with van der Waals surface area (Å²) in [6, 6.07) is 4.81. The second-order valence-corrected chi connectivity index (χ2v) is 6.38. The fraction of sp³-hybridized carbons (Fsp3) is 0.500. The van der Waals surface area contributed by atoms with Crippen LogP contribution in [-0.4, -0.2) is 50.6 Å². The number of likely N-dealkylation sites (N-methyl/N-ethyl adjacent to an activating group) is 1. The molecule has 0 saturated carbocycles. The van der Waals surface area contributed by atoms with Crippen LogP contribution in [0, 0.1) is 0 Å². The molecule has 7 nitrogen and oxygen atoms in total. The number of hydrogen-bond acceptors (Lipinski definition) is 4. The van der Waals surface area contributed by atoms with Crippen molar-refractivity contribution in [3.63, 3.8) is 0 Å². The standard InChI is InChI=1S/C16H24N4O3/c1-5-20(9-16(3,4)23)10(2)14(21)17-11-6-7-12-13(8-11)19-15(22)18-12/h6-8,10,23H,5,9H2,1-4H3,(H,17,21)(H2,18,19,22). The topological polar surface area (TPSA) is 101 Å². The van der Waals surface area contributed by atoms with E-state index in [0.29, 0.717) is 29.8 Å². The maximum absolute atomic E-state index is 12.4. The lowest BCUT2D eigenvalue weighted by Crippen LogP contribution is -2.48. The van der Waals surface area contributed by atoms with E-state index in [1.54, 1.807) is 39.0 Å². The highest BCUT2D eigenvalue weighted by Crippen LogP contribution is 2.16. The molecule has 4 N–H and O–H groups in total. The first-order valence-corrected chi connectivity index (χ1v) is 7.69. The fourth-order valence-corrected chi connectivity index (χ4v) is 2.54. The summed E-state index contributed by atoms with van der Waals surface area (Å²) in [5.74, 6) is -0.159. The van der Waals surface area contributed by atoms with Gasteiger partial charge in [0, 0.05) is 12.2 Å². The van der Waals surface area contributed by atoms with Crippen LogP contribution in [0.4, 0.5) is 5.69 Å². The summed E-state index contributed by atoms with van der Waals surface area (Å²) in [5, 5.41) is 12.8. The second-order valence-electron chi connectivity index (χ2n) is 6.38. The molecule has 1 amide bonds. The minimum absolute atomic E-state index is 0.159. The summed E-state index contributed by atoms with van der Waals surface area (Å²) in [4.78, 5) is 30.9. The highest BCUT2D eigenvalue weighted by molar-refractivity contribution is 5.96. The van der Waals surface area contributed by atoms with Crippen molar-refractivity contribution in [1.82, 2.24) is 14.9 Å². The van der Waals surface area contributed by atoms with Crippen molar-refractivity contribution < 1.29 is 9.90 Å². The number of anilines is 1. The molecule has 0 aliphatic heterocycles. The zero-order chi connectivity index (χ0) is 17.2. The first-order valence-electron chi connectivity index (χ1n) is 7.69. The third-order valence-corrected chi connectivity index (χ3v) is 3.71. The minimum Gasteiger partial charge on any atom is -0.389 e. The molecule has 7 heteroatoms. The summed E-state index contributed by atoms with van der Waals surface area (Å²) in [5.41, 5.74) is 0.805. The number of aliphatic hydroxyl groups is 1. The molecule has 0 aliphatic rings. The number of carbonyl (C=O) groups is 1. The van der Waals surface area contributed by atoms with Crippen molar-refractivity contribution in [1.29, 1.82) is 0 Å². The molecule has 0 spiro atoms. The zero-order valence-electron chi connectivity index (χ0n) is 13.9. The number of H-pyrrole nitrogens is 2. The lowest BCUT2D eigenvalue weighted by atomic mass is 10.1. The predicted molar refractivity (Wildman–Crippen MR) is 90.6 cm³/mol. The lowest BCUT2D eigenvalue weighted by molar-refractivity contribution is -0.121. The quantitative estimate of drug-likeness (QED) is 0.644. The van der Waals surface area contributed by atoms with Gasteiger partial charge in [0.05, 0.1) is 22.7 Å². The third kappa shape index (κ3) is 4.43. The second kappa shape index (κ2) is 6.55. The van der Waals surface area contributed by atoms with Crippen molar-refractivity contribution in [3.05, 3.63) is 28.7 Å². The fourth-order valence-electron chi connectivity index (χ4n) is 2.54. The van der Waals surface area contributed by atoms with E-state index in [4.69, 9.17) is 0 Å². The summed E-state index contributed by atoms with van der Waals surface area (Å²) in [6.07, 6.45) is 0. The zero-order valence-corrected chi connectivity index (χ0v) is 13.9. The van der Waals surface area contributed by atoms with Crippen LogP contribution >= 0.6 is 0 Å². The largest absolute Gasteiger partial charge is 0.389 e. The molecule has 0 aliphatic carbocycles. The molecule has 2 rings (SSSR count). The summed E-state index contributed by atoms with van der Waals surface area (Å²) < 4.78 is 0. The number of nitrogens with zero attached hydrogens (tertiary/aromatic N) is 1. The van der Waals surface area contributed by atoms with Gasteiger partial charge in [-0.3, -0.25) is 9.69 Å². The number of rotatable bonds is 6. The van der Waals surface area contributed by atoms with Gasteiger partial charge in [-0.15, -0.1) is 0 Å². The molecule has 0 fully saturated rings. The van der Waals surface area contributed by atoms with Crippen LogP contribution < -0.4 is 11.0 Å². The van der Waals surface area contributed by atoms with Crippen LogP contribution in [0.3, 0.4) is 0 Å². The number of nitrogens with one attached hydrogen (secondary N) is 3. The van der Waals surface area contributed by atoms with E-state index in [0.717, 1.165) is 0 Å². The normalized spacial score (nSPS) is 13.5. The maximum atomic E-state index is 12.4.